The third-order valence-corrected chi connectivity index (χ3v) is 8.56. The number of rotatable bonds is 8. The summed E-state index contributed by atoms with van der Waals surface area (Å²) in [6, 6.07) is 12.0. The van der Waals surface area contributed by atoms with E-state index in [-0.39, 0.29) is 22.4 Å². The van der Waals surface area contributed by atoms with Crippen molar-refractivity contribution in [3.63, 3.8) is 0 Å². The predicted octanol–water partition coefficient (Wildman–Crippen LogP) is 8.56. The van der Waals surface area contributed by atoms with Crippen molar-refractivity contribution in [1.29, 1.82) is 0 Å². The lowest BCUT2D eigenvalue weighted by Gasteiger charge is -2.42. The maximum atomic E-state index is 13.8. The fraction of sp³-hybridized carbons (Fsp3) is 0.429. The van der Waals surface area contributed by atoms with Gasteiger partial charge in [0.05, 0.1) is 6.61 Å². The number of benzene rings is 2. The molecule has 0 unspecified atom stereocenters. The highest BCUT2D eigenvalue weighted by Crippen LogP contribution is 2.54. The lowest BCUT2D eigenvalue weighted by molar-refractivity contribution is -0.120. The molecule has 0 saturated heterocycles. The van der Waals surface area contributed by atoms with Crippen LogP contribution in [0.2, 0.25) is 0 Å². The van der Waals surface area contributed by atoms with Gasteiger partial charge in [0.2, 0.25) is 0 Å². The Morgan fingerprint density at radius 2 is 1.51 bits per heavy atom. The Kier molecular flexibility index (Phi) is 8.08. The van der Waals surface area contributed by atoms with Gasteiger partial charge in [-0.2, -0.15) is 0 Å². The highest BCUT2D eigenvalue weighted by molar-refractivity contribution is 9.10. The fourth-order valence-corrected chi connectivity index (χ4v) is 6.59. The van der Waals surface area contributed by atoms with Crippen molar-refractivity contribution in [1.82, 2.24) is 0 Å². The minimum atomic E-state index is -0.496. The smallest absolute Gasteiger partial charge is 0.165 e. The second kappa shape index (κ2) is 11.3. The van der Waals surface area contributed by atoms with Gasteiger partial charge in [-0.25, -0.2) is 0 Å². The van der Waals surface area contributed by atoms with Gasteiger partial charge in [-0.15, -0.1) is 6.58 Å². The molecule has 2 aromatic rings. The Balaban J connectivity index is 1.65. The molecule has 5 nitrogen and oxygen atoms in total. The molecule has 216 valence electrons. The molecule has 0 radical (unpaired) electrons. The second-order valence-electron chi connectivity index (χ2n) is 12.9. The first-order chi connectivity index (χ1) is 19.4. The largest absolute Gasteiger partial charge is 0.490 e. The number of ether oxygens (including phenoxy) is 3. The topological polar surface area (TPSA) is 61.8 Å². The van der Waals surface area contributed by atoms with Crippen molar-refractivity contribution in [2.45, 2.75) is 79.2 Å². The first-order valence-corrected chi connectivity index (χ1v) is 15.2. The SMILES string of the molecule is C=CCc1cc(C2C3=C(CC(C)(C)CC3=O)OC3=C2C(=O)CC(C)(C)C3)cc(OCC)c1OCc1ccc(Br)cc1. The molecule has 1 aliphatic heterocycles. The number of hydrogen-bond acceptors (Lipinski definition) is 5. The maximum Gasteiger partial charge on any atom is 0.165 e. The summed E-state index contributed by atoms with van der Waals surface area (Å²) in [7, 11) is 0. The van der Waals surface area contributed by atoms with Crippen LogP contribution in [0.15, 0.2) is 76.2 Å². The van der Waals surface area contributed by atoms with Crippen LogP contribution < -0.4 is 9.47 Å². The molecular weight excluding hydrogens is 580 g/mol. The number of allylic oxidation sites excluding steroid dienone is 5. The summed E-state index contributed by atoms with van der Waals surface area (Å²) >= 11 is 3.48. The number of hydrogen-bond donors (Lipinski definition) is 0. The average Bonchev–Trinajstić information content (AvgIpc) is 2.86. The standard InChI is InChI=1S/C35H39BrO5/c1-7-9-22-14-23(15-27(39-8-2)33(22)40-20-21-10-12-24(36)13-11-21)30-31-25(37)16-34(3,4)18-28(31)41-29-19-35(5,6)17-26(38)32(29)30/h7,10-15,30H,1,8-9,16-20H2,2-6H3. The van der Waals surface area contributed by atoms with E-state index in [0.29, 0.717) is 79.5 Å². The molecule has 1 heterocycles. The number of Topliss-reactive ketones (excluding diaryl/α,β-unsaturated/α-hetero) is 2. The summed E-state index contributed by atoms with van der Waals surface area (Å²) < 4.78 is 20.0. The molecule has 0 aromatic heterocycles. The predicted molar refractivity (Wildman–Crippen MR) is 164 cm³/mol. The summed E-state index contributed by atoms with van der Waals surface area (Å²) in [4.78, 5) is 27.5. The first kappa shape index (κ1) is 29.4. The lowest BCUT2D eigenvalue weighted by Crippen LogP contribution is -2.37. The van der Waals surface area contributed by atoms with Gasteiger partial charge in [0.15, 0.2) is 23.1 Å². The average molecular weight is 620 g/mol. The van der Waals surface area contributed by atoms with E-state index in [9.17, 15) is 9.59 Å². The summed E-state index contributed by atoms with van der Waals surface area (Å²) in [6.45, 7) is 15.1. The van der Waals surface area contributed by atoms with Crippen molar-refractivity contribution >= 4 is 27.5 Å². The number of carbonyl (C=O) groups excluding carboxylic acids is 2. The van der Waals surface area contributed by atoms with Crippen LogP contribution in [-0.2, 0) is 27.4 Å². The molecule has 0 spiro atoms. The Morgan fingerprint density at radius 1 is 0.927 bits per heavy atom. The lowest BCUT2D eigenvalue weighted by atomic mass is 9.65. The Hall–Kier alpha value is -3.12. The molecule has 0 bridgehead atoms. The normalized spacial score (nSPS) is 19.9. The van der Waals surface area contributed by atoms with Crippen molar-refractivity contribution < 1.29 is 23.8 Å². The van der Waals surface area contributed by atoms with E-state index < -0.39 is 5.92 Å². The highest BCUT2D eigenvalue weighted by Gasteiger charge is 2.48. The molecule has 5 rings (SSSR count). The van der Waals surface area contributed by atoms with Gasteiger partial charge in [-0.05, 0) is 53.5 Å². The van der Waals surface area contributed by atoms with Gasteiger partial charge >= 0.3 is 0 Å². The Morgan fingerprint density at radius 3 is 2.05 bits per heavy atom. The van der Waals surface area contributed by atoms with Crippen LogP contribution in [0.25, 0.3) is 0 Å². The van der Waals surface area contributed by atoms with E-state index in [4.69, 9.17) is 14.2 Å². The van der Waals surface area contributed by atoms with E-state index in [1.165, 1.54) is 0 Å². The molecule has 2 aliphatic carbocycles. The molecule has 0 N–H and O–H groups in total. The van der Waals surface area contributed by atoms with Crippen LogP contribution in [0.3, 0.4) is 0 Å². The van der Waals surface area contributed by atoms with Crippen LogP contribution in [0.4, 0.5) is 0 Å². The summed E-state index contributed by atoms with van der Waals surface area (Å²) in [6.07, 6.45) is 4.53. The van der Waals surface area contributed by atoms with Crippen molar-refractivity contribution in [3.05, 3.63) is 92.9 Å². The summed E-state index contributed by atoms with van der Waals surface area (Å²) in [5, 5.41) is 0. The van der Waals surface area contributed by atoms with Crippen LogP contribution in [0.5, 0.6) is 11.5 Å². The molecule has 0 fully saturated rings. The Labute approximate surface area is 251 Å². The van der Waals surface area contributed by atoms with E-state index >= 15 is 0 Å². The minimum Gasteiger partial charge on any atom is -0.490 e. The zero-order valence-corrected chi connectivity index (χ0v) is 26.3. The van der Waals surface area contributed by atoms with Gasteiger partial charge in [0.25, 0.3) is 0 Å². The monoisotopic (exact) mass is 618 g/mol. The third kappa shape index (κ3) is 6.08. The van der Waals surface area contributed by atoms with Crippen LogP contribution in [0, 0.1) is 10.8 Å². The van der Waals surface area contributed by atoms with Gasteiger partial charge in [-0.1, -0.05) is 67.9 Å². The van der Waals surface area contributed by atoms with Gasteiger partial charge in [0, 0.05) is 52.8 Å². The zero-order valence-electron chi connectivity index (χ0n) is 24.7. The van der Waals surface area contributed by atoms with Crippen molar-refractivity contribution in [3.8, 4) is 11.5 Å². The van der Waals surface area contributed by atoms with Crippen LogP contribution >= 0.6 is 15.9 Å². The van der Waals surface area contributed by atoms with Crippen molar-refractivity contribution in [2.24, 2.45) is 10.8 Å². The summed E-state index contributed by atoms with van der Waals surface area (Å²) in [5.41, 5.74) is 3.61. The van der Waals surface area contributed by atoms with Crippen molar-refractivity contribution in [2.75, 3.05) is 6.61 Å². The number of halogens is 1. The highest BCUT2D eigenvalue weighted by atomic mass is 79.9. The number of carbonyl (C=O) groups is 2. The molecular formula is C35H39BrO5. The quantitative estimate of drug-likeness (QED) is 0.277. The molecule has 2 aromatic carbocycles. The second-order valence-corrected chi connectivity index (χ2v) is 13.9. The van der Waals surface area contributed by atoms with E-state index in [1.807, 2.05) is 43.3 Å². The molecule has 6 heteroatoms. The van der Waals surface area contributed by atoms with Gasteiger partial charge < -0.3 is 14.2 Å². The maximum absolute atomic E-state index is 13.8. The first-order valence-electron chi connectivity index (χ1n) is 14.4. The summed E-state index contributed by atoms with van der Waals surface area (Å²) in [5.74, 6) is 2.26. The third-order valence-electron chi connectivity index (χ3n) is 8.03. The van der Waals surface area contributed by atoms with E-state index in [2.05, 4.69) is 56.3 Å². The molecule has 0 atom stereocenters. The molecule has 0 amide bonds. The minimum absolute atomic E-state index is 0.0456. The number of ketones is 2. The fourth-order valence-electron chi connectivity index (χ4n) is 6.33. The van der Waals surface area contributed by atoms with Crippen LogP contribution in [0.1, 0.15) is 82.9 Å². The zero-order chi connectivity index (χ0) is 29.5. The van der Waals surface area contributed by atoms with Gasteiger partial charge in [-0.3, -0.25) is 9.59 Å². The molecule has 0 saturated carbocycles. The van der Waals surface area contributed by atoms with Gasteiger partial charge in [0.1, 0.15) is 18.1 Å². The molecule has 41 heavy (non-hydrogen) atoms. The molecule has 3 aliphatic rings. The van der Waals surface area contributed by atoms with E-state index in [1.54, 1.807) is 0 Å². The van der Waals surface area contributed by atoms with Crippen LogP contribution in [-0.4, -0.2) is 18.2 Å². The Bertz CT molecular complexity index is 1410. The van der Waals surface area contributed by atoms with E-state index in [0.717, 1.165) is 21.2 Å².